The highest BCUT2D eigenvalue weighted by Gasteiger charge is 2.28. The lowest BCUT2D eigenvalue weighted by molar-refractivity contribution is -0.144. The second-order valence-electron chi connectivity index (χ2n) is 4.11. The van der Waals surface area contributed by atoms with Crippen LogP contribution in [0.5, 0.6) is 11.5 Å². The SMILES string of the molecule is CSCCCOc1ccc2c(c1)OC(C(=O)O)C2. The number of ether oxygens (including phenoxy) is 2. The first-order chi connectivity index (χ1) is 8.70. The molecular weight excluding hydrogens is 252 g/mol. The van der Waals surface area contributed by atoms with Crippen molar-refractivity contribution >= 4 is 17.7 Å². The van der Waals surface area contributed by atoms with Gasteiger partial charge in [0.25, 0.3) is 0 Å². The summed E-state index contributed by atoms with van der Waals surface area (Å²) in [5.41, 5.74) is 0.930. The van der Waals surface area contributed by atoms with Crippen LogP contribution in [0.15, 0.2) is 18.2 Å². The summed E-state index contributed by atoms with van der Waals surface area (Å²) in [6, 6.07) is 5.52. The molecule has 5 heteroatoms. The van der Waals surface area contributed by atoms with Gasteiger partial charge in [0.15, 0.2) is 6.10 Å². The fraction of sp³-hybridized carbons (Fsp3) is 0.462. The van der Waals surface area contributed by atoms with E-state index in [0.717, 1.165) is 23.5 Å². The molecule has 0 aliphatic carbocycles. The standard InChI is InChI=1S/C13H16O4S/c1-18-6-2-5-16-10-4-3-9-7-12(13(14)15)17-11(9)8-10/h3-4,8,12H,2,5-7H2,1H3,(H,14,15). The second-order valence-corrected chi connectivity index (χ2v) is 5.10. The fourth-order valence-corrected chi connectivity index (χ4v) is 2.24. The van der Waals surface area contributed by atoms with E-state index in [-0.39, 0.29) is 0 Å². The molecule has 1 heterocycles. The molecule has 1 atom stereocenters. The summed E-state index contributed by atoms with van der Waals surface area (Å²) in [6.45, 7) is 0.669. The van der Waals surface area contributed by atoms with Gasteiger partial charge in [-0.1, -0.05) is 6.07 Å². The zero-order valence-electron chi connectivity index (χ0n) is 10.2. The lowest BCUT2D eigenvalue weighted by atomic mass is 10.1. The Morgan fingerprint density at radius 1 is 1.61 bits per heavy atom. The van der Waals surface area contributed by atoms with Crippen LogP contribution in [-0.2, 0) is 11.2 Å². The molecule has 0 fully saturated rings. The van der Waals surface area contributed by atoms with Gasteiger partial charge in [-0.25, -0.2) is 4.79 Å². The molecule has 0 amide bonds. The van der Waals surface area contributed by atoms with Crippen LogP contribution in [0.4, 0.5) is 0 Å². The smallest absolute Gasteiger partial charge is 0.345 e. The van der Waals surface area contributed by atoms with E-state index in [2.05, 4.69) is 6.26 Å². The van der Waals surface area contributed by atoms with Gasteiger partial charge in [-0.3, -0.25) is 0 Å². The molecule has 2 rings (SSSR count). The molecule has 1 aliphatic heterocycles. The van der Waals surface area contributed by atoms with E-state index in [1.807, 2.05) is 12.1 Å². The third kappa shape index (κ3) is 3.10. The van der Waals surface area contributed by atoms with Crippen LogP contribution in [0.25, 0.3) is 0 Å². The van der Waals surface area contributed by atoms with Crippen LogP contribution >= 0.6 is 11.8 Å². The number of hydrogen-bond acceptors (Lipinski definition) is 4. The Balaban J connectivity index is 1.93. The number of hydrogen-bond donors (Lipinski definition) is 1. The van der Waals surface area contributed by atoms with Gasteiger partial charge in [0.2, 0.25) is 0 Å². The van der Waals surface area contributed by atoms with Crippen LogP contribution in [0, 0.1) is 0 Å². The molecule has 0 bridgehead atoms. The van der Waals surface area contributed by atoms with Gasteiger partial charge in [-0.2, -0.15) is 11.8 Å². The lowest BCUT2D eigenvalue weighted by Crippen LogP contribution is -2.24. The van der Waals surface area contributed by atoms with Crippen LogP contribution in [-0.4, -0.2) is 35.8 Å². The first kappa shape index (κ1) is 13.1. The number of rotatable bonds is 6. The molecule has 18 heavy (non-hydrogen) atoms. The number of carbonyl (C=O) groups is 1. The summed E-state index contributed by atoms with van der Waals surface area (Å²) < 4.78 is 10.9. The van der Waals surface area contributed by atoms with Gasteiger partial charge < -0.3 is 14.6 Å². The summed E-state index contributed by atoms with van der Waals surface area (Å²) in [4.78, 5) is 10.8. The van der Waals surface area contributed by atoms with Crippen molar-refractivity contribution in [1.29, 1.82) is 0 Å². The molecule has 0 aromatic heterocycles. The maximum absolute atomic E-state index is 10.8. The van der Waals surface area contributed by atoms with Gasteiger partial charge in [0, 0.05) is 12.5 Å². The van der Waals surface area contributed by atoms with Gasteiger partial charge in [-0.05, 0) is 30.1 Å². The molecule has 1 aromatic carbocycles. The van der Waals surface area contributed by atoms with Crippen molar-refractivity contribution in [2.75, 3.05) is 18.6 Å². The van der Waals surface area contributed by atoms with Crippen LogP contribution < -0.4 is 9.47 Å². The molecule has 0 radical (unpaired) electrons. The topological polar surface area (TPSA) is 55.8 Å². The molecule has 4 nitrogen and oxygen atoms in total. The van der Waals surface area contributed by atoms with Gasteiger partial charge in [-0.15, -0.1) is 0 Å². The van der Waals surface area contributed by atoms with Crippen molar-refractivity contribution in [2.45, 2.75) is 18.9 Å². The van der Waals surface area contributed by atoms with Crippen molar-refractivity contribution in [3.05, 3.63) is 23.8 Å². The minimum absolute atomic E-state index is 0.428. The Bertz CT molecular complexity index is 433. The quantitative estimate of drug-likeness (QED) is 0.802. The summed E-state index contributed by atoms with van der Waals surface area (Å²) in [5, 5.41) is 8.90. The van der Waals surface area contributed by atoms with Crippen molar-refractivity contribution in [3.63, 3.8) is 0 Å². The average molecular weight is 268 g/mol. The molecule has 0 saturated heterocycles. The van der Waals surface area contributed by atoms with E-state index in [1.165, 1.54) is 0 Å². The number of aliphatic carboxylic acids is 1. The highest BCUT2D eigenvalue weighted by molar-refractivity contribution is 7.98. The highest BCUT2D eigenvalue weighted by Crippen LogP contribution is 2.32. The number of carboxylic acid groups (broad SMARTS) is 1. The molecule has 98 valence electrons. The van der Waals surface area contributed by atoms with E-state index in [9.17, 15) is 4.79 Å². The summed E-state index contributed by atoms with van der Waals surface area (Å²) in [6.07, 6.45) is 2.73. The third-order valence-electron chi connectivity index (χ3n) is 2.75. The molecule has 0 saturated carbocycles. The Morgan fingerprint density at radius 2 is 2.44 bits per heavy atom. The van der Waals surface area contributed by atoms with E-state index < -0.39 is 12.1 Å². The maximum atomic E-state index is 10.8. The number of thioether (sulfide) groups is 1. The van der Waals surface area contributed by atoms with Gasteiger partial charge >= 0.3 is 5.97 Å². The van der Waals surface area contributed by atoms with Gasteiger partial charge in [0.05, 0.1) is 6.61 Å². The largest absolute Gasteiger partial charge is 0.493 e. The molecular formula is C13H16O4S. The Hall–Kier alpha value is -1.36. The Morgan fingerprint density at radius 3 is 3.17 bits per heavy atom. The van der Waals surface area contributed by atoms with Crippen molar-refractivity contribution in [1.82, 2.24) is 0 Å². The first-order valence-electron chi connectivity index (χ1n) is 5.85. The molecule has 0 spiro atoms. The van der Waals surface area contributed by atoms with E-state index >= 15 is 0 Å². The van der Waals surface area contributed by atoms with E-state index in [4.69, 9.17) is 14.6 Å². The van der Waals surface area contributed by atoms with Crippen LogP contribution in [0.3, 0.4) is 0 Å². The van der Waals surface area contributed by atoms with Crippen molar-refractivity contribution in [3.8, 4) is 11.5 Å². The van der Waals surface area contributed by atoms with Gasteiger partial charge in [0.1, 0.15) is 11.5 Å². The second kappa shape index (κ2) is 6.00. The number of carboxylic acids is 1. The Kier molecular flexibility index (Phi) is 4.36. The van der Waals surface area contributed by atoms with E-state index in [1.54, 1.807) is 17.8 Å². The monoisotopic (exact) mass is 268 g/mol. The third-order valence-corrected chi connectivity index (χ3v) is 3.45. The minimum atomic E-state index is -0.923. The minimum Gasteiger partial charge on any atom is -0.493 e. The zero-order valence-corrected chi connectivity index (χ0v) is 11.0. The number of fused-ring (bicyclic) bond motifs is 1. The predicted molar refractivity (Wildman–Crippen MR) is 70.7 cm³/mol. The molecule has 1 N–H and O–H groups in total. The Labute approximate surface area is 110 Å². The van der Waals surface area contributed by atoms with E-state index in [0.29, 0.717) is 18.8 Å². The van der Waals surface area contributed by atoms with Crippen LogP contribution in [0.1, 0.15) is 12.0 Å². The highest BCUT2D eigenvalue weighted by atomic mass is 32.2. The molecule has 1 aromatic rings. The van der Waals surface area contributed by atoms with Crippen molar-refractivity contribution < 1.29 is 19.4 Å². The first-order valence-corrected chi connectivity index (χ1v) is 7.24. The normalized spacial score (nSPS) is 17.1. The summed E-state index contributed by atoms with van der Waals surface area (Å²) >= 11 is 1.79. The predicted octanol–water partition coefficient (Wildman–Crippen LogP) is 2.21. The fourth-order valence-electron chi connectivity index (χ4n) is 1.83. The molecule has 1 aliphatic rings. The summed E-state index contributed by atoms with van der Waals surface area (Å²) in [7, 11) is 0. The van der Waals surface area contributed by atoms with Crippen LogP contribution in [0.2, 0.25) is 0 Å². The average Bonchev–Trinajstić information content (AvgIpc) is 2.78. The number of benzene rings is 1. The lowest BCUT2D eigenvalue weighted by Gasteiger charge is -2.07. The summed E-state index contributed by atoms with van der Waals surface area (Å²) in [5.74, 6) is 1.52. The maximum Gasteiger partial charge on any atom is 0.345 e. The molecule has 1 unspecified atom stereocenters. The zero-order chi connectivity index (χ0) is 13.0. The van der Waals surface area contributed by atoms with Crippen molar-refractivity contribution in [2.24, 2.45) is 0 Å².